The van der Waals surface area contributed by atoms with Crippen LogP contribution in [-0.4, -0.2) is 29.4 Å². The first kappa shape index (κ1) is 15.2. The number of likely N-dealkylation sites (tertiary alicyclic amines) is 1. The Balaban J connectivity index is 1.49. The molecule has 2 aromatic carbocycles. The number of carbonyl (C=O) groups is 1. The molecule has 0 radical (unpaired) electrons. The van der Waals surface area contributed by atoms with Gasteiger partial charge in [0.05, 0.1) is 5.54 Å². The van der Waals surface area contributed by atoms with Crippen molar-refractivity contribution in [2.24, 2.45) is 0 Å². The lowest BCUT2D eigenvalue weighted by atomic mass is 9.86. The highest BCUT2D eigenvalue weighted by Gasteiger charge is 2.44. The maximum atomic E-state index is 12.4. The standard InChI is InChI=1S/C21H22N2O/c24-20-11-12-21(23(20)19-9-5-2-6-10-19)13-15-22(16-14-21)17-18-7-3-1-4-8-18/h1-12H,13-17H2. The maximum absolute atomic E-state index is 12.4. The summed E-state index contributed by atoms with van der Waals surface area (Å²) < 4.78 is 0. The lowest BCUT2D eigenvalue weighted by molar-refractivity contribution is -0.114. The molecule has 1 fully saturated rings. The number of hydrogen-bond donors (Lipinski definition) is 0. The molecule has 2 heterocycles. The molecule has 0 atom stereocenters. The van der Waals surface area contributed by atoms with E-state index in [4.69, 9.17) is 0 Å². The predicted molar refractivity (Wildman–Crippen MR) is 96.8 cm³/mol. The van der Waals surface area contributed by atoms with Crippen LogP contribution in [0.5, 0.6) is 0 Å². The molecule has 1 spiro atoms. The molecule has 0 aliphatic carbocycles. The zero-order valence-electron chi connectivity index (χ0n) is 13.8. The minimum Gasteiger partial charge on any atom is -0.299 e. The van der Waals surface area contributed by atoms with Crippen LogP contribution in [0.4, 0.5) is 5.69 Å². The molecule has 0 bridgehead atoms. The zero-order valence-corrected chi connectivity index (χ0v) is 13.8. The van der Waals surface area contributed by atoms with Crippen LogP contribution >= 0.6 is 0 Å². The normalized spacial score (nSPS) is 20.0. The van der Waals surface area contributed by atoms with Gasteiger partial charge < -0.3 is 0 Å². The number of carbonyl (C=O) groups excluding carboxylic acids is 1. The predicted octanol–water partition coefficient (Wildman–Crippen LogP) is 3.62. The Kier molecular flexibility index (Phi) is 3.95. The molecule has 3 nitrogen and oxygen atoms in total. The molecule has 0 saturated carbocycles. The lowest BCUT2D eigenvalue weighted by Gasteiger charge is -2.44. The van der Waals surface area contributed by atoms with Crippen LogP contribution in [0.25, 0.3) is 0 Å². The average Bonchev–Trinajstić information content (AvgIpc) is 2.95. The SMILES string of the molecule is O=C1C=CC2(CCN(Cc3ccccc3)CC2)N1c1ccccc1. The highest BCUT2D eigenvalue weighted by Crippen LogP contribution is 2.38. The molecule has 0 unspecified atom stereocenters. The fourth-order valence-electron chi connectivity index (χ4n) is 3.89. The van der Waals surface area contributed by atoms with E-state index in [2.05, 4.69) is 41.3 Å². The van der Waals surface area contributed by atoms with Crippen LogP contribution in [0.2, 0.25) is 0 Å². The molecule has 0 N–H and O–H groups in total. The van der Waals surface area contributed by atoms with Gasteiger partial charge in [0.1, 0.15) is 0 Å². The Bertz CT molecular complexity index is 731. The van der Waals surface area contributed by atoms with Crippen LogP contribution in [0.1, 0.15) is 18.4 Å². The second-order valence-corrected chi connectivity index (χ2v) is 6.71. The van der Waals surface area contributed by atoms with Gasteiger partial charge in [0.15, 0.2) is 0 Å². The maximum Gasteiger partial charge on any atom is 0.251 e. The molecule has 2 aromatic rings. The van der Waals surface area contributed by atoms with Gasteiger partial charge >= 0.3 is 0 Å². The van der Waals surface area contributed by atoms with Gasteiger partial charge in [-0.25, -0.2) is 0 Å². The number of hydrogen-bond acceptors (Lipinski definition) is 2. The number of amides is 1. The third-order valence-corrected chi connectivity index (χ3v) is 5.19. The van der Waals surface area contributed by atoms with Crippen LogP contribution in [0.15, 0.2) is 72.8 Å². The van der Waals surface area contributed by atoms with Crippen molar-refractivity contribution in [3.63, 3.8) is 0 Å². The van der Waals surface area contributed by atoms with E-state index in [-0.39, 0.29) is 11.4 Å². The fraction of sp³-hybridized carbons (Fsp3) is 0.286. The number of para-hydroxylation sites is 1. The minimum atomic E-state index is -0.147. The van der Waals surface area contributed by atoms with Crippen molar-refractivity contribution in [1.82, 2.24) is 4.90 Å². The van der Waals surface area contributed by atoms with Gasteiger partial charge in [0.25, 0.3) is 5.91 Å². The molecule has 4 rings (SSSR count). The van der Waals surface area contributed by atoms with E-state index in [9.17, 15) is 4.79 Å². The third-order valence-electron chi connectivity index (χ3n) is 5.19. The minimum absolute atomic E-state index is 0.109. The second kappa shape index (κ2) is 6.25. The van der Waals surface area contributed by atoms with E-state index in [0.717, 1.165) is 38.2 Å². The van der Waals surface area contributed by atoms with Crippen molar-refractivity contribution in [1.29, 1.82) is 0 Å². The van der Waals surface area contributed by atoms with Crippen molar-refractivity contribution in [2.45, 2.75) is 24.9 Å². The summed E-state index contributed by atoms with van der Waals surface area (Å²) in [7, 11) is 0. The fourth-order valence-corrected chi connectivity index (χ4v) is 3.89. The summed E-state index contributed by atoms with van der Waals surface area (Å²) in [5.41, 5.74) is 2.21. The highest BCUT2D eigenvalue weighted by atomic mass is 16.2. The second-order valence-electron chi connectivity index (χ2n) is 6.71. The van der Waals surface area contributed by atoms with E-state index >= 15 is 0 Å². The molecule has 2 aliphatic rings. The first-order valence-corrected chi connectivity index (χ1v) is 8.62. The van der Waals surface area contributed by atoms with Crippen molar-refractivity contribution in [2.75, 3.05) is 18.0 Å². The Labute approximate surface area is 143 Å². The van der Waals surface area contributed by atoms with E-state index in [1.54, 1.807) is 6.08 Å². The molecular weight excluding hydrogens is 296 g/mol. The summed E-state index contributed by atoms with van der Waals surface area (Å²) in [5.74, 6) is 0.109. The summed E-state index contributed by atoms with van der Waals surface area (Å²) in [6, 6.07) is 20.7. The van der Waals surface area contributed by atoms with Gasteiger partial charge in [0.2, 0.25) is 0 Å². The molecule has 0 aromatic heterocycles. The summed E-state index contributed by atoms with van der Waals surface area (Å²) in [6.07, 6.45) is 5.84. The Morgan fingerprint density at radius 2 is 1.50 bits per heavy atom. The average molecular weight is 318 g/mol. The number of anilines is 1. The molecule has 3 heteroatoms. The van der Waals surface area contributed by atoms with Gasteiger partial charge in [-0.2, -0.15) is 0 Å². The first-order chi connectivity index (χ1) is 11.8. The van der Waals surface area contributed by atoms with E-state index < -0.39 is 0 Å². The third kappa shape index (κ3) is 2.76. The number of benzene rings is 2. The molecule has 2 aliphatic heterocycles. The van der Waals surface area contributed by atoms with Gasteiger partial charge in [-0.1, -0.05) is 54.6 Å². The molecular formula is C21H22N2O. The lowest BCUT2D eigenvalue weighted by Crippen LogP contribution is -2.53. The largest absolute Gasteiger partial charge is 0.299 e. The summed E-state index contributed by atoms with van der Waals surface area (Å²) in [4.78, 5) is 16.9. The van der Waals surface area contributed by atoms with E-state index in [1.807, 2.05) is 35.2 Å². The van der Waals surface area contributed by atoms with Crippen LogP contribution < -0.4 is 4.90 Å². The molecule has 24 heavy (non-hydrogen) atoms. The Morgan fingerprint density at radius 3 is 2.17 bits per heavy atom. The smallest absolute Gasteiger partial charge is 0.251 e. The quantitative estimate of drug-likeness (QED) is 0.863. The van der Waals surface area contributed by atoms with Gasteiger partial charge in [-0.15, -0.1) is 0 Å². The highest BCUT2D eigenvalue weighted by molar-refractivity contribution is 6.06. The summed E-state index contributed by atoms with van der Waals surface area (Å²) in [6.45, 7) is 3.01. The molecule has 1 saturated heterocycles. The van der Waals surface area contributed by atoms with Crippen molar-refractivity contribution < 1.29 is 4.79 Å². The van der Waals surface area contributed by atoms with Crippen molar-refractivity contribution in [3.05, 3.63) is 78.4 Å². The van der Waals surface area contributed by atoms with Crippen LogP contribution in [-0.2, 0) is 11.3 Å². The summed E-state index contributed by atoms with van der Waals surface area (Å²) >= 11 is 0. The number of piperidine rings is 1. The van der Waals surface area contributed by atoms with Crippen molar-refractivity contribution >= 4 is 11.6 Å². The molecule has 122 valence electrons. The van der Waals surface area contributed by atoms with Gasteiger partial charge in [-0.05, 0) is 30.5 Å². The number of nitrogens with zero attached hydrogens (tertiary/aromatic N) is 2. The first-order valence-electron chi connectivity index (χ1n) is 8.62. The van der Waals surface area contributed by atoms with Gasteiger partial charge in [0, 0.05) is 31.4 Å². The Hall–Kier alpha value is -2.39. The Morgan fingerprint density at radius 1 is 0.875 bits per heavy atom. The van der Waals surface area contributed by atoms with E-state index in [0.29, 0.717) is 0 Å². The van der Waals surface area contributed by atoms with Crippen LogP contribution in [0, 0.1) is 0 Å². The van der Waals surface area contributed by atoms with Gasteiger partial charge in [-0.3, -0.25) is 14.6 Å². The monoisotopic (exact) mass is 318 g/mol. The summed E-state index contributed by atoms with van der Waals surface area (Å²) in [5, 5.41) is 0. The zero-order chi connectivity index (χ0) is 16.4. The number of rotatable bonds is 3. The topological polar surface area (TPSA) is 23.6 Å². The van der Waals surface area contributed by atoms with Crippen LogP contribution in [0.3, 0.4) is 0 Å². The molecule has 1 amide bonds. The van der Waals surface area contributed by atoms with E-state index in [1.165, 1.54) is 5.56 Å². The van der Waals surface area contributed by atoms with Crippen molar-refractivity contribution in [3.8, 4) is 0 Å².